The van der Waals surface area contributed by atoms with E-state index in [2.05, 4.69) is 12.2 Å². The number of rotatable bonds is 4. The summed E-state index contributed by atoms with van der Waals surface area (Å²) in [5, 5.41) is 3.90. The molecule has 1 N–H and O–H groups in total. The van der Waals surface area contributed by atoms with E-state index in [1.807, 2.05) is 36.2 Å². The lowest BCUT2D eigenvalue weighted by Crippen LogP contribution is -2.37. The minimum atomic E-state index is 0.714. The van der Waals surface area contributed by atoms with Crippen LogP contribution in [0.25, 0.3) is 0 Å². The van der Waals surface area contributed by atoms with Crippen LogP contribution in [0.2, 0.25) is 0 Å². The molecule has 0 atom stereocenters. The lowest BCUT2D eigenvalue weighted by atomic mass is 10.3. The van der Waals surface area contributed by atoms with E-state index in [9.17, 15) is 0 Å². The third-order valence-corrected chi connectivity index (χ3v) is 2.70. The number of anilines is 1. The van der Waals surface area contributed by atoms with Gasteiger partial charge in [0.1, 0.15) is 5.75 Å². The molecule has 0 saturated carbocycles. The molecule has 0 unspecified atom stereocenters. The molecule has 0 aliphatic heterocycles. The average molecular weight is 238 g/mol. The molecule has 0 bridgehead atoms. The van der Waals surface area contributed by atoms with E-state index >= 15 is 0 Å². The zero-order valence-electron chi connectivity index (χ0n) is 9.99. The van der Waals surface area contributed by atoms with Crippen molar-refractivity contribution in [3.05, 3.63) is 24.3 Å². The quantitative estimate of drug-likeness (QED) is 0.814. The number of ether oxygens (including phenoxy) is 1. The van der Waals surface area contributed by atoms with Crippen LogP contribution in [0.1, 0.15) is 13.3 Å². The number of methoxy groups -OCH3 is 1. The second kappa shape index (κ2) is 6.33. The van der Waals surface area contributed by atoms with E-state index < -0.39 is 0 Å². The number of hydrogen-bond donors (Lipinski definition) is 1. The van der Waals surface area contributed by atoms with Gasteiger partial charge < -0.3 is 15.0 Å². The number of para-hydroxylation sites is 2. The Labute approximate surface area is 102 Å². The summed E-state index contributed by atoms with van der Waals surface area (Å²) < 4.78 is 5.29. The van der Waals surface area contributed by atoms with Gasteiger partial charge in [0.05, 0.1) is 12.8 Å². The minimum Gasteiger partial charge on any atom is -0.495 e. The number of nitrogens with zero attached hydrogens (tertiary/aromatic N) is 1. The fourth-order valence-electron chi connectivity index (χ4n) is 1.37. The highest BCUT2D eigenvalue weighted by Crippen LogP contribution is 2.26. The highest BCUT2D eigenvalue weighted by atomic mass is 32.1. The van der Waals surface area contributed by atoms with E-state index in [1.54, 1.807) is 7.11 Å². The Kier molecular flexibility index (Phi) is 5.05. The van der Waals surface area contributed by atoms with E-state index in [0.29, 0.717) is 5.11 Å². The van der Waals surface area contributed by atoms with Crippen molar-refractivity contribution in [2.24, 2.45) is 0 Å². The highest BCUT2D eigenvalue weighted by molar-refractivity contribution is 7.80. The number of hydrogen-bond acceptors (Lipinski definition) is 2. The molecule has 1 aromatic rings. The van der Waals surface area contributed by atoms with Gasteiger partial charge >= 0.3 is 0 Å². The van der Waals surface area contributed by atoms with Gasteiger partial charge in [-0.1, -0.05) is 19.1 Å². The standard InChI is InChI=1S/C12H18N2OS/c1-4-9-13-12(16)14(2)10-7-5-6-8-11(10)15-3/h5-8H,4,9H2,1-3H3,(H,13,16). The first-order chi connectivity index (χ1) is 7.70. The Hall–Kier alpha value is -1.29. The largest absolute Gasteiger partial charge is 0.495 e. The molecule has 0 heterocycles. The number of benzene rings is 1. The van der Waals surface area contributed by atoms with Crippen molar-refractivity contribution in [1.82, 2.24) is 5.32 Å². The topological polar surface area (TPSA) is 24.5 Å². The van der Waals surface area contributed by atoms with Gasteiger partial charge in [0.15, 0.2) is 5.11 Å². The molecule has 88 valence electrons. The van der Waals surface area contributed by atoms with Gasteiger partial charge in [-0.15, -0.1) is 0 Å². The third kappa shape index (κ3) is 3.10. The molecule has 0 spiro atoms. The van der Waals surface area contributed by atoms with E-state index in [0.717, 1.165) is 24.4 Å². The molecule has 0 aromatic heterocycles. The normalized spacial score (nSPS) is 9.69. The second-order valence-electron chi connectivity index (χ2n) is 3.46. The first-order valence-corrected chi connectivity index (χ1v) is 5.76. The minimum absolute atomic E-state index is 0.714. The summed E-state index contributed by atoms with van der Waals surface area (Å²) >= 11 is 5.29. The van der Waals surface area contributed by atoms with Crippen LogP contribution in [-0.2, 0) is 0 Å². The van der Waals surface area contributed by atoms with Gasteiger partial charge in [-0.2, -0.15) is 0 Å². The summed E-state index contributed by atoms with van der Waals surface area (Å²) in [4.78, 5) is 1.92. The fraction of sp³-hybridized carbons (Fsp3) is 0.417. The lowest BCUT2D eigenvalue weighted by molar-refractivity contribution is 0.416. The zero-order valence-corrected chi connectivity index (χ0v) is 10.8. The maximum atomic E-state index is 5.29. The van der Waals surface area contributed by atoms with E-state index in [-0.39, 0.29) is 0 Å². The van der Waals surface area contributed by atoms with Crippen molar-refractivity contribution in [2.75, 3.05) is 25.6 Å². The maximum absolute atomic E-state index is 5.29. The Morgan fingerprint density at radius 3 is 2.75 bits per heavy atom. The third-order valence-electron chi connectivity index (χ3n) is 2.28. The predicted molar refractivity (Wildman–Crippen MR) is 72.3 cm³/mol. The van der Waals surface area contributed by atoms with Gasteiger partial charge in [0.25, 0.3) is 0 Å². The van der Waals surface area contributed by atoms with Crippen molar-refractivity contribution >= 4 is 23.0 Å². The average Bonchev–Trinajstić information content (AvgIpc) is 2.34. The smallest absolute Gasteiger partial charge is 0.173 e. The summed E-state index contributed by atoms with van der Waals surface area (Å²) in [6, 6.07) is 7.82. The zero-order chi connectivity index (χ0) is 12.0. The molecular formula is C12H18N2OS. The van der Waals surface area contributed by atoms with Crippen molar-refractivity contribution in [2.45, 2.75) is 13.3 Å². The Morgan fingerprint density at radius 1 is 1.44 bits per heavy atom. The molecule has 0 aliphatic carbocycles. The van der Waals surface area contributed by atoms with Crippen LogP contribution in [0.5, 0.6) is 5.75 Å². The Morgan fingerprint density at radius 2 is 2.12 bits per heavy atom. The van der Waals surface area contributed by atoms with Crippen molar-refractivity contribution < 1.29 is 4.74 Å². The molecule has 0 fully saturated rings. The number of nitrogens with one attached hydrogen (secondary N) is 1. The van der Waals surface area contributed by atoms with E-state index in [4.69, 9.17) is 17.0 Å². The number of thiocarbonyl (C=S) groups is 1. The summed E-state index contributed by atoms with van der Waals surface area (Å²) in [5.74, 6) is 0.825. The summed E-state index contributed by atoms with van der Waals surface area (Å²) in [6.45, 7) is 3.00. The molecule has 1 rings (SSSR count). The van der Waals surface area contributed by atoms with Crippen molar-refractivity contribution in [1.29, 1.82) is 0 Å². The molecule has 0 amide bonds. The summed E-state index contributed by atoms with van der Waals surface area (Å²) in [5.41, 5.74) is 0.971. The Bertz CT molecular complexity index is 355. The molecule has 16 heavy (non-hydrogen) atoms. The molecule has 0 aliphatic rings. The summed E-state index contributed by atoms with van der Waals surface area (Å²) in [6.07, 6.45) is 1.06. The van der Waals surface area contributed by atoms with Crippen molar-refractivity contribution in [3.8, 4) is 5.75 Å². The molecule has 4 heteroatoms. The van der Waals surface area contributed by atoms with Crippen molar-refractivity contribution in [3.63, 3.8) is 0 Å². The molecule has 0 radical (unpaired) electrons. The van der Waals surface area contributed by atoms with Crippen LogP contribution in [-0.4, -0.2) is 25.8 Å². The van der Waals surface area contributed by atoms with E-state index in [1.165, 1.54) is 0 Å². The maximum Gasteiger partial charge on any atom is 0.173 e. The molecule has 0 saturated heterocycles. The first-order valence-electron chi connectivity index (χ1n) is 5.35. The van der Waals surface area contributed by atoms with Crippen LogP contribution in [0, 0.1) is 0 Å². The molecular weight excluding hydrogens is 220 g/mol. The van der Waals surface area contributed by atoms with Gasteiger partial charge in [0.2, 0.25) is 0 Å². The van der Waals surface area contributed by atoms with Crippen LogP contribution in [0.3, 0.4) is 0 Å². The molecule has 3 nitrogen and oxygen atoms in total. The van der Waals surface area contributed by atoms with Gasteiger partial charge in [0, 0.05) is 13.6 Å². The van der Waals surface area contributed by atoms with Gasteiger partial charge in [-0.05, 0) is 30.8 Å². The monoisotopic (exact) mass is 238 g/mol. The predicted octanol–water partition coefficient (Wildman–Crippen LogP) is 2.42. The molecule has 1 aromatic carbocycles. The van der Waals surface area contributed by atoms with Gasteiger partial charge in [-0.3, -0.25) is 0 Å². The SMILES string of the molecule is CCCNC(=S)N(C)c1ccccc1OC. The van der Waals surface area contributed by atoms with Gasteiger partial charge in [-0.25, -0.2) is 0 Å². The highest BCUT2D eigenvalue weighted by Gasteiger charge is 2.10. The Balaban J connectivity index is 2.78. The fourth-order valence-corrected chi connectivity index (χ4v) is 1.57. The second-order valence-corrected chi connectivity index (χ2v) is 3.85. The van der Waals surface area contributed by atoms with Crippen LogP contribution in [0.15, 0.2) is 24.3 Å². The van der Waals surface area contributed by atoms with Crippen LogP contribution >= 0.6 is 12.2 Å². The van der Waals surface area contributed by atoms with Crippen LogP contribution in [0.4, 0.5) is 5.69 Å². The lowest BCUT2D eigenvalue weighted by Gasteiger charge is -2.22. The van der Waals surface area contributed by atoms with Crippen LogP contribution < -0.4 is 15.0 Å². The first kappa shape index (κ1) is 12.8. The summed E-state index contributed by atoms with van der Waals surface area (Å²) in [7, 11) is 3.60.